The quantitative estimate of drug-likeness (QED) is 0.871. The molecule has 120 valence electrons. The second-order valence-electron chi connectivity index (χ2n) is 5.39. The van der Waals surface area contributed by atoms with Crippen LogP contribution in [-0.4, -0.2) is 35.4 Å². The van der Waals surface area contributed by atoms with Crippen molar-refractivity contribution in [2.75, 3.05) is 6.54 Å². The SMILES string of the molecule is Cc1ccc(S(=O)(=O)N2CC(=O)N(O)[C@@H]2c2ccccc2)cc1. The molecular weight excluding hydrogens is 316 g/mol. The third-order valence-corrected chi connectivity index (χ3v) is 5.59. The van der Waals surface area contributed by atoms with Crippen LogP contribution in [0.2, 0.25) is 0 Å². The maximum atomic E-state index is 12.9. The lowest BCUT2D eigenvalue weighted by atomic mass is 10.2. The standard InChI is InChI=1S/C16H16N2O4S/c1-12-7-9-14(10-8-12)23(21,22)17-11-15(19)18(20)16(17)13-5-3-2-4-6-13/h2-10,16,20H,11H2,1H3/t16-/m1/s1. The average molecular weight is 332 g/mol. The van der Waals surface area contributed by atoms with Crippen LogP contribution in [0.15, 0.2) is 59.5 Å². The maximum Gasteiger partial charge on any atom is 0.263 e. The highest BCUT2D eigenvalue weighted by Gasteiger charge is 2.45. The monoisotopic (exact) mass is 332 g/mol. The second-order valence-corrected chi connectivity index (χ2v) is 7.28. The van der Waals surface area contributed by atoms with Gasteiger partial charge in [0.05, 0.1) is 11.4 Å². The number of hydrogen-bond donors (Lipinski definition) is 1. The van der Waals surface area contributed by atoms with E-state index in [0.717, 1.165) is 9.87 Å². The maximum absolute atomic E-state index is 12.9. The number of aryl methyl sites for hydroxylation is 1. The number of hydroxylamine groups is 2. The van der Waals surface area contributed by atoms with Gasteiger partial charge in [0.2, 0.25) is 10.0 Å². The number of rotatable bonds is 3. The van der Waals surface area contributed by atoms with Crippen LogP contribution in [0.1, 0.15) is 17.3 Å². The van der Waals surface area contributed by atoms with Crippen LogP contribution >= 0.6 is 0 Å². The van der Waals surface area contributed by atoms with Crippen molar-refractivity contribution >= 4 is 15.9 Å². The number of amides is 1. The van der Waals surface area contributed by atoms with Crippen LogP contribution in [0.5, 0.6) is 0 Å². The number of nitrogens with zero attached hydrogens (tertiary/aromatic N) is 2. The molecule has 0 unspecified atom stereocenters. The molecule has 1 N–H and O–H groups in total. The zero-order chi connectivity index (χ0) is 16.6. The molecule has 2 aromatic rings. The molecule has 0 spiro atoms. The molecule has 1 heterocycles. The van der Waals surface area contributed by atoms with Crippen molar-refractivity contribution in [1.29, 1.82) is 0 Å². The Bertz CT molecular complexity index is 819. The third kappa shape index (κ3) is 2.74. The lowest BCUT2D eigenvalue weighted by Gasteiger charge is -2.25. The highest BCUT2D eigenvalue weighted by Crippen LogP contribution is 2.34. The van der Waals surface area contributed by atoms with Crippen LogP contribution in [0, 0.1) is 6.92 Å². The lowest BCUT2D eigenvalue weighted by Crippen LogP contribution is -2.34. The van der Waals surface area contributed by atoms with Gasteiger partial charge in [0, 0.05) is 0 Å². The first-order valence-electron chi connectivity index (χ1n) is 7.05. The first-order chi connectivity index (χ1) is 10.9. The Morgan fingerprint density at radius 2 is 1.65 bits per heavy atom. The number of carbonyl (C=O) groups is 1. The zero-order valence-electron chi connectivity index (χ0n) is 12.5. The normalized spacial score (nSPS) is 19.3. The molecule has 2 aromatic carbocycles. The van der Waals surface area contributed by atoms with Crippen molar-refractivity contribution in [3.05, 3.63) is 65.7 Å². The van der Waals surface area contributed by atoms with Crippen LogP contribution in [-0.2, 0) is 14.8 Å². The van der Waals surface area contributed by atoms with Crippen molar-refractivity contribution in [1.82, 2.24) is 9.37 Å². The Morgan fingerprint density at radius 3 is 2.26 bits per heavy atom. The Balaban J connectivity index is 2.06. The number of carbonyl (C=O) groups excluding carboxylic acids is 1. The summed E-state index contributed by atoms with van der Waals surface area (Å²) in [6, 6.07) is 15.0. The van der Waals surface area contributed by atoms with Crippen molar-refractivity contribution in [2.24, 2.45) is 0 Å². The fraction of sp³-hybridized carbons (Fsp3) is 0.188. The minimum Gasteiger partial charge on any atom is -0.284 e. The van der Waals surface area contributed by atoms with E-state index in [0.29, 0.717) is 10.6 Å². The summed E-state index contributed by atoms with van der Waals surface area (Å²) in [7, 11) is -3.91. The van der Waals surface area contributed by atoms with Gasteiger partial charge in [0.25, 0.3) is 5.91 Å². The van der Waals surface area contributed by atoms with E-state index < -0.39 is 28.6 Å². The van der Waals surface area contributed by atoms with E-state index in [2.05, 4.69) is 0 Å². The van der Waals surface area contributed by atoms with Crippen molar-refractivity contribution in [2.45, 2.75) is 18.0 Å². The minimum absolute atomic E-state index is 0.0899. The smallest absolute Gasteiger partial charge is 0.263 e. The summed E-state index contributed by atoms with van der Waals surface area (Å²) in [4.78, 5) is 12.0. The van der Waals surface area contributed by atoms with E-state index in [1.54, 1.807) is 42.5 Å². The van der Waals surface area contributed by atoms with Crippen LogP contribution < -0.4 is 0 Å². The summed E-state index contributed by atoms with van der Waals surface area (Å²) in [5.74, 6) is -0.658. The molecule has 1 fully saturated rings. The molecule has 0 bridgehead atoms. The Kier molecular flexibility index (Phi) is 3.93. The number of sulfonamides is 1. The second kappa shape index (κ2) is 5.77. The fourth-order valence-corrected chi connectivity index (χ4v) is 4.05. The van der Waals surface area contributed by atoms with Gasteiger partial charge in [-0.05, 0) is 24.6 Å². The van der Waals surface area contributed by atoms with Gasteiger partial charge in [-0.2, -0.15) is 9.37 Å². The van der Waals surface area contributed by atoms with E-state index in [1.165, 1.54) is 12.1 Å². The molecule has 1 aliphatic heterocycles. The van der Waals surface area contributed by atoms with E-state index >= 15 is 0 Å². The van der Waals surface area contributed by atoms with Crippen LogP contribution in [0.25, 0.3) is 0 Å². The van der Waals surface area contributed by atoms with Crippen molar-refractivity contribution < 1.29 is 18.4 Å². The Morgan fingerprint density at radius 1 is 1.04 bits per heavy atom. The first-order valence-corrected chi connectivity index (χ1v) is 8.49. The number of hydrogen-bond acceptors (Lipinski definition) is 4. The van der Waals surface area contributed by atoms with Gasteiger partial charge >= 0.3 is 0 Å². The predicted octanol–water partition coefficient (Wildman–Crippen LogP) is 1.92. The summed E-state index contributed by atoms with van der Waals surface area (Å²) < 4.78 is 26.7. The molecule has 1 atom stereocenters. The molecule has 0 aliphatic carbocycles. The predicted molar refractivity (Wildman–Crippen MR) is 82.9 cm³/mol. The summed E-state index contributed by atoms with van der Waals surface area (Å²) in [5.41, 5.74) is 1.46. The minimum atomic E-state index is -3.91. The Labute approximate surface area is 134 Å². The molecule has 1 amide bonds. The molecule has 0 radical (unpaired) electrons. The molecule has 1 saturated heterocycles. The highest BCUT2D eigenvalue weighted by atomic mass is 32.2. The van der Waals surface area contributed by atoms with Crippen molar-refractivity contribution in [3.63, 3.8) is 0 Å². The largest absolute Gasteiger partial charge is 0.284 e. The Hall–Kier alpha value is -2.22. The van der Waals surface area contributed by atoms with E-state index in [1.807, 2.05) is 6.92 Å². The summed E-state index contributed by atoms with van der Waals surface area (Å²) in [6.07, 6.45) is -1.06. The summed E-state index contributed by atoms with van der Waals surface area (Å²) in [5, 5.41) is 10.5. The fourth-order valence-electron chi connectivity index (χ4n) is 2.55. The van der Waals surface area contributed by atoms with Gasteiger partial charge in [-0.15, -0.1) is 0 Å². The van der Waals surface area contributed by atoms with Gasteiger partial charge in [-0.3, -0.25) is 10.0 Å². The highest BCUT2D eigenvalue weighted by molar-refractivity contribution is 7.89. The van der Waals surface area contributed by atoms with E-state index in [4.69, 9.17) is 0 Å². The molecule has 6 nitrogen and oxygen atoms in total. The topological polar surface area (TPSA) is 77.9 Å². The van der Waals surface area contributed by atoms with Gasteiger partial charge in [-0.25, -0.2) is 8.42 Å². The van der Waals surface area contributed by atoms with Crippen molar-refractivity contribution in [3.8, 4) is 0 Å². The van der Waals surface area contributed by atoms with Gasteiger partial charge in [0.15, 0.2) is 6.17 Å². The molecule has 7 heteroatoms. The average Bonchev–Trinajstić information content (AvgIpc) is 2.85. The van der Waals surface area contributed by atoms with Crippen LogP contribution in [0.4, 0.5) is 0 Å². The van der Waals surface area contributed by atoms with E-state index in [9.17, 15) is 18.4 Å². The summed E-state index contributed by atoms with van der Waals surface area (Å²) >= 11 is 0. The molecular formula is C16H16N2O4S. The van der Waals surface area contributed by atoms with E-state index in [-0.39, 0.29) is 4.90 Å². The van der Waals surface area contributed by atoms with Gasteiger partial charge in [-0.1, -0.05) is 48.0 Å². The third-order valence-electron chi connectivity index (χ3n) is 3.78. The van der Waals surface area contributed by atoms with Gasteiger partial charge < -0.3 is 0 Å². The molecule has 1 aliphatic rings. The number of benzene rings is 2. The molecule has 0 saturated carbocycles. The molecule has 23 heavy (non-hydrogen) atoms. The van der Waals surface area contributed by atoms with Gasteiger partial charge in [0.1, 0.15) is 0 Å². The molecule has 3 rings (SSSR count). The summed E-state index contributed by atoms with van der Waals surface area (Å²) in [6.45, 7) is 1.46. The van der Waals surface area contributed by atoms with Crippen LogP contribution in [0.3, 0.4) is 0 Å². The molecule has 0 aromatic heterocycles. The lowest BCUT2D eigenvalue weighted by molar-refractivity contribution is -0.167. The first kappa shape index (κ1) is 15.7. The zero-order valence-corrected chi connectivity index (χ0v) is 13.3.